The predicted molar refractivity (Wildman–Crippen MR) is 96.2 cm³/mol. The summed E-state index contributed by atoms with van der Waals surface area (Å²) in [7, 11) is 5.56. The molecule has 0 radical (unpaired) electrons. The maximum atomic E-state index is 12.2. The molecule has 0 fully saturated rings. The van der Waals surface area contributed by atoms with E-state index in [1.807, 2.05) is 43.3 Å². The summed E-state index contributed by atoms with van der Waals surface area (Å²) in [6.07, 6.45) is 1.27. The Morgan fingerprint density at radius 2 is 2.00 bits per heavy atom. The van der Waals surface area contributed by atoms with Gasteiger partial charge in [-0.2, -0.15) is 0 Å². The number of ether oxygens (including phenoxy) is 1. The van der Waals surface area contributed by atoms with E-state index in [9.17, 15) is 9.59 Å². The van der Waals surface area contributed by atoms with Gasteiger partial charge in [0.2, 0.25) is 0 Å². The lowest BCUT2D eigenvalue weighted by Gasteiger charge is -2.10. The zero-order valence-electron chi connectivity index (χ0n) is 14.8. The molecule has 1 heterocycles. The Kier molecular flexibility index (Phi) is 6.71. The number of nitrogens with one attached hydrogen (secondary N) is 2. The molecule has 1 aromatic heterocycles. The fourth-order valence-corrected chi connectivity index (χ4v) is 2.33. The molecule has 0 unspecified atom stereocenters. The highest BCUT2D eigenvalue weighted by Crippen LogP contribution is 2.13. The van der Waals surface area contributed by atoms with E-state index in [4.69, 9.17) is 4.74 Å². The molecule has 0 bridgehead atoms. The van der Waals surface area contributed by atoms with Gasteiger partial charge in [0, 0.05) is 19.0 Å². The molecule has 1 aromatic carbocycles. The van der Waals surface area contributed by atoms with E-state index in [0.29, 0.717) is 18.8 Å². The SMILES string of the molecule is COc1ccc(Cc2nc(C(=O)NCCCN(C)C)cc(=O)[nH]2)cc1. The Balaban J connectivity index is 2.03. The third-order valence-corrected chi connectivity index (χ3v) is 3.62. The largest absolute Gasteiger partial charge is 0.497 e. The van der Waals surface area contributed by atoms with Crippen molar-refractivity contribution in [2.45, 2.75) is 12.8 Å². The Hall–Kier alpha value is -2.67. The quantitative estimate of drug-likeness (QED) is 0.699. The van der Waals surface area contributed by atoms with Crippen molar-refractivity contribution in [3.8, 4) is 5.75 Å². The Morgan fingerprint density at radius 3 is 2.64 bits per heavy atom. The van der Waals surface area contributed by atoms with Gasteiger partial charge in [-0.3, -0.25) is 9.59 Å². The number of benzene rings is 1. The first kappa shape index (κ1) is 18.7. The van der Waals surface area contributed by atoms with Crippen molar-refractivity contribution in [2.75, 3.05) is 34.3 Å². The van der Waals surface area contributed by atoms with Crippen LogP contribution >= 0.6 is 0 Å². The molecule has 7 heteroatoms. The number of hydrogen-bond donors (Lipinski definition) is 2. The van der Waals surface area contributed by atoms with Crippen LogP contribution in [0.1, 0.15) is 28.3 Å². The van der Waals surface area contributed by atoms with Crippen molar-refractivity contribution in [3.05, 3.63) is 57.8 Å². The second kappa shape index (κ2) is 8.98. The molecule has 0 aliphatic rings. The third kappa shape index (κ3) is 6.04. The molecular formula is C18H24N4O3. The standard InChI is InChI=1S/C18H24N4O3/c1-22(2)10-4-9-19-18(24)15-12-17(23)21-16(20-15)11-13-5-7-14(25-3)8-6-13/h5-8,12H,4,9-11H2,1-3H3,(H,19,24)(H,20,21,23). The van der Waals surface area contributed by atoms with Crippen LogP contribution in [0.15, 0.2) is 35.1 Å². The van der Waals surface area contributed by atoms with Crippen LogP contribution in [0, 0.1) is 0 Å². The van der Waals surface area contributed by atoms with Gasteiger partial charge in [0.25, 0.3) is 11.5 Å². The monoisotopic (exact) mass is 344 g/mol. The number of carbonyl (C=O) groups excluding carboxylic acids is 1. The molecule has 7 nitrogen and oxygen atoms in total. The average Bonchev–Trinajstić information content (AvgIpc) is 2.58. The van der Waals surface area contributed by atoms with Gasteiger partial charge in [-0.15, -0.1) is 0 Å². The number of hydrogen-bond acceptors (Lipinski definition) is 5. The molecule has 0 spiro atoms. The molecule has 0 aliphatic carbocycles. The summed E-state index contributed by atoms with van der Waals surface area (Å²) in [5.74, 6) is 0.882. The molecule has 0 atom stereocenters. The van der Waals surface area contributed by atoms with E-state index in [1.165, 1.54) is 6.07 Å². The van der Waals surface area contributed by atoms with Gasteiger partial charge in [0.15, 0.2) is 0 Å². The molecule has 25 heavy (non-hydrogen) atoms. The smallest absolute Gasteiger partial charge is 0.270 e. The first-order valence-electron chi connectivity index (χ1n) is 8.14. The zero-order chi connectivity index (χ0) is 18.2. The highest BCUT2D eigenvalue weighted by molar-refractivity contribution is 5.92. The van der Waals surface area contributed by atoms with Gasteiger partial charge >= 0.3 is 0 Å². The third-order valence-electron chi connectivity index (χ3n) is 3.62. The van der Waals surface area contributed by atoms with Crippen LogP contribution in [-0.2, 0) is 6.42 Å². The predicted octanol–water partition coefficient (Wildman–Crippen LogP) is 1.05. The summed E-state index contributed by atoms with van der Waals surface area (Å²) in [6.45, 7) is 1.42. The summed E-state index contributed by atoms with van der Waals surface area (Å²) in [5, 5.41) is 2.79. The summed E-state index contributed by atoms with van der Waals surface area (Å²) in [4.78, 5) is 33.0. The average molecular weight is 344 g/mol. The summed E-state index contributed by atoms with van der Waals surface area (Å²) in [5.41, 5.74) is 0.765. The maximum Gasteiger partial charge on any atom is 0.270 e. The van der Waals surface area contributed by atoms with Gasteiger partial charge in [-0.25, -0.2) is 4.98 Å². The minimum Gasteiger partial charge on any atom is -0.497 e. The molecular weight excluding hydrogens is 320 g/mol. The van der Waals surface area contributed by atoms with Crippen LogP contribution in [0.25, 0.3) is 0 Å². The van der Waals surface area contributed by atoms with Crippen LogP contribution in [0.3, 0.4) is 0 Å². The zero-order valence-corrected chi connectivity index (χ0v) is 14.8. The fourth-order valence-electron chi connectivity index (χ4n) is 2.33. The second-order valence-electron chi connectivity index (χ2n) is 6.01. The van der Waals surface area contributed by atoms with E-state index in [-0.39, 0.29) is 17.2 Å². The van der Waals surface area contributed by atoms with Crippen LogP contribution in [0.4, 0.5) is 0 Å². The Bertz CT molecular complexity index is 754. The summed E-state index contributed by atoms with van der Waals surface area (Å²) >= 11 is 0. The summed E-state index contributed by atoms with van der Waals surface area (Å²) in [6, 6.07) is 8.70. The fraction of sp³-hybridized carbons (Fsp3) is 0.389. The highest BCUT2D eigenvalue weighted by Gasteiger charge is 2.10. The van der Waals surface area contributed by atoms with Gasteiger partial charge in [0.05, 0.1) is 7.11 Å². The van der Waals surface area contributed by atoms with Crippen molar-refractivity contribution in [1.82, 2.24) is 20.2 Å². The van der Waals surface area contributed by atoms with Crippen molar-refractivity contribution >= 4 is 5.91 Å². The number of aromatic nitrogens is 2. The lowest BCUT2D eigenvalue weighted by Crippen LogP contribution is -2.29. The summed E-state index contributed by atoms with van der Waals surface area (Å²) < 4.78 is 5.12. The lowest BCUT2D eigenvalue weighted by atomic mass is 10.1. The molecule has 0 aliphatic heterocycles. The minimum atomic E-state index is -0.336. The Morgan fingerprint density at radius 1 is 1.28 bits per heavy atom. The normalized spacial score (nSPS) is 10.7. The first-order chi connectivity index (χ1) is 12.0. The van der Waals surface area contributed by atoms with Gasteiger partial charge in [-0.05, 0) is 44.8 Å². The van der Waals surface area contributed by atoms with Gasteiger partial charge in [-0.1, -0.05) is 12.1 Å². The molecule has 2 aromatic rings. The van der Waals surface area contributed by atoms with Crippen LogP contribution in [-0.4, -0.2) is 55.1 Å². The van der Waals surface area contributed by atoms with E-state index < -0.39 is 0 Å². The van der Waals surface area contributed by atoms with Crippen LogP contribution < -0.4 is 15.6 Å². The Labute approximate surface area is 147 Å². The number of aromatic amines is 1. The lowest BCUT2D eigenvalue weighted by molar-refractivity contribution is 0.0946. The number of rotatable bonds is 8. The molecule has 2 N–H and O–H groups in total. The molecule has 0 saturated heterocycles. The molecule has 2 rings (SSSR count). The van der Waals surface area contributed by atoms with E-state index >= 15 is 0 Å². The number of nitrogens with zero attached hydrogens (tertiary/aromatic N) is 2. The number of methoxy groups -OCH3 is 1. The van der Waals surface area contributed by atoms with Gasteiger partial charge < -0.3 is 19.9 Å². The topological polar surface area (TPSA) is 87.3 Å². The van der Waals surface area contributed by atoms with E-state index in [2.05, 4.69) is 15.3 Å². The molecule has 1 amide bonds. The maximum absolute atomic E-state index is 12.2. The number of amides is 1. The van der Waals surface area contributed by atoms with Crippen LogP contribution in [0.5, 0.6) is 5.75 Å². The second-order valence-corrected chi connectivity index (χ2v) is 6.01. The van der Waals surface area contributed by atoms with E-state index in [0.717, 1.165) is 24.3 Å². The minimum absolute atomic E-state index is 0.136. The van der Waals surface area contributed by atoms with Gasteiger partial charge in [0.1, 0.15) is 17.3 Å². The van der Waals surface area contributed by atoms with Crippen molar-refractivity contribution in [1.29, 1.82) is 0 Å². The molecule has 0 saturated carbocycles. The molecule has 134 valence electrons. The first-order valence-corrected chi connectivity index (χ1v) is 8.14. The van der Waals surface area contributed by atoms with Crippen molar-refractivity contribution in [2.24, 2.45) is 0 Å². The highest BCUT2D eigenvalue weighted by atomic mass is 16.5. The van der Waals surface area contributed by atoms with E-state index in [1.54, 1.807) is 7.11 Å². The van der Waals surface area contributed by atoms with Crippen molar-refractivity contribution < 1.29 is 9.53 Å². The van der Waals surface area contributed by atoms with Crippen molar-refractivity contribution in [3.63, 3.8) is 0 Å². The number of H-pyrrole nitrogens is 1. The van der Waals surface area contributed by atoms with Crippen LogP contribution in [0.2, 0.25) is 0 Å². The number of carbonyl (C=O) groups is 1.